The van der Waals surface area contributed by atoms with Crippen molar-refractivity contribution in [3.63, 3.8) is 0 Å². The van der Waals surface area contributed by atoms with Gasteiger partial charge in [-0.15, -0.1) is 0 Å². The van der Waals surface area contributed by atoms with Crippen molar-refractivity contribution in [1.82, 2.24) is 0 Å². The van der Waals surface area contributed by atoms with E-state index in [-0.39, 0.29) is 25.7 Å². The number of rotatable bonds is 71. The third-order valence-corrected chi connectivity index (χ3v) is 19.7. The van der Waals surface area contributed by atoms with Crippen LogP contribution in [0.25, 0.3) is 0 Å². The molecular formula is C74H144O17P2. The van der Waals surface area contributed by atoms with E-state index in [0.717, 1.165) is 114 Å². The predicted octanol–water partition coefficient (Wildman–Crippen LogP) is 21.3. The Morgan fingerprint density at radius 3 is 0.763 bits per heavy atom. The molecule has 0 bridgehead atoms. The van der Waals surface area contributed by atoms with Gasteiger partial charge >= 0.3 is 39.5 Å². The van der Waals surface area contributed by atoms with Crippen molar-refractivity contribution < 1.29 is 80.2 Å². The van der Waals surface area contributed by atoms with E-state index in [0.29, 0.717) is 31.6 Å². The Kier molecular flexibility index (Phi) is 62.2. The standard InChI is InChI=1S/C74H144O17P2/c1-9-66(7)52-44-36-28-22-19-20-24-30-40-48-56-73(78)90-69(60-84-71(76)54-46-38-29-23-18-16-14-12-11-13-15-17-21-26-34-42-50-64(3)4)62-88-92(80,81)86-58-68(75)59-87-93(82,83)89-63-70(91-74(79)57-49-41-31-25-27-35-43-51-65(5)6)61-85-72(77)55-47-39-33-32-37-45-53-67(8)10-2/h64-70,75H,9-63H2,1-8H3,(H,80,81)(H,82,83)/t66?,67?,68-,69-,70-/m1/s1. The second-order valence-corrected chi connectivity index (χ2v) is 31.0. The number of esters is 4. The largest absolute Gasteiger partial charge is 0.472 e. The zero-order chi connectivity index (χ0) is 68.9. The fraction of sp³-hybridized carbons (Fsp3) is 0.946. The second kappa shape index (κ2) is 63.5. The van der Waals surface area contributed by atoms with Crippen molar-refractivity contribution in [3.8, 4) is 0 Å². The average Bonchev–Trinajstić information content (AvgIpc) is 1.65. The molecule has 0 amide bonds. The van der Waals surface area contributed by atoms with Crippen LogP contribution in [0.2, 0.25) is 0 Å². The Hall–Kier alpha value is -1.94. The molecule has 0 spiro atoms. The molecule has 0 fully saturated rings. The van der Waals surface area contributed by atoms with E-state index < -0.39 is 97.5 Å². The topological polar surface area (TPSA) is 237 Å². The van der Waals surface area contributed by atoms with Gasteiger partial charge in [-0.05, 0) is 49.4 Å². The Labute approximate surface area is 568 Å². The van der Waals surface area contributed by atoms with E-state index in [1.54, 1.807) is 0 Å². The van der Waals surface area contributed by atoms with Gasteiger partial charge in [0.05, 0.1) is 26.4 Å². The third-order valence-electron chi connectivity index (χ3n) is 17.8. The van der Waals surface area contributed by atoms with Gasteiger partial charge in [-0.1, -0.05) is 319 Å². The molecule has 0 aliphatic heterocycles. The lowest BCUT2D eigenvalue weighted by Gasteiger charge is -2.21. The number of hydrogen-bond acceptors (Lipinski definition) is 15. The lowest BCUT2D eigenvalue weighted by molar-refractivity contribution is -0.161. The van der Waals surface area contributed by atoms with E-state index in [1.807, 2.05) is 0 Å². The van der Waals surface area contributed by atoms with Crippen LogP contribution in [0.4, 0.5) is 0 Å². The molecule has 93 heavy (non-hydrogen) atoms. The molecule has 19 heteroatoms. The molecule has 0 aliphatic carbocycles. The minimum atomic E-state index is -4.96. The molecule has 4 unspecified atom stereocenters. The van der Waals surface area contributed by atoms with Gasteiger partial charge in [0.15, 0.2) is 12.2 Å². The molecule has 0 rings (SSSR count). The number of unbranched alkanes of at least 4 members (excludes halogenated alkanes) is 35. The summed E-state index contributed by atoms with van der Waals surface area (Å²) in [5.41, 5.74) is 0. The zero-order valence-electron chi connectivity index (χ0n) is 60.9. The van der Waals surface area contributed by atoms with Gasteiger partial charge in [-0.25, -0.2) is 9.13 Å². The summed E-state index contributed by atoms with van der Waals surface area (Å²) in [6.45, 7) is 14.1. The first-order valence-electron chi connectivity index (χ1n) is 38.3. The van der Waals surface area contributed by atoms with Crippen LogP contribution in [-0.4, -0.2) is 96.7 Å². The first kappa shape index (κ1) is 91.1. The van der Waals surface area contributed by atoms with E-state index in [4.69, 9.17) is 37.0 Å². The lowest BCUT2D eigenvalue weighted by atomic mass is 9.99. The Morgan fingerprint density at radius 2 is 0.516 bits per heavy atom. The Bertz CT molecular complexity index is 1840. The molecular weight excluding hydrogens is 1220 g/mol. The summed E-state index contributed by atoms with van der Waals surface area (Å²) in [7, 11) is -9.91. The molecule has 0 aliphatic rings. The van der Waals surface area contributed by atoms with Gasteiger partial charge < -0.3 is 33.8 Å². The number of carbonyl (C=O) groups is 4. The molecule has 552 valence electrons. The van der Waals surface area contributed by atoms with Crippen LogP contribution >= 0.6 is 15.6 Å². The molecule has 7 atom stereocenters. The fourth-order valence-electron chi connectivity index (χ4n) is 11.1. The summed E-state index contributed by atoms with van der Waals surface area (Å²) in [4.78, 5) is 72.7. The number of phosphoric ester groups is 2. The van der Waals surface area contributed by atoms with Gasteiger partial charge in [0.2, 0.25) is 0 Å². The van der Waals surface area contributed by atoms with Gasteiger partial charge in [0.1, 0.15) is 19.3 Å². The maximum atomic E-state index is 13.1. The van der Waals surface area contributed by atoms with Crippen molar-refractivity contribution >= 4 is 39.5 Å². The normalized spacial score (nSPS) is 14.8. The number of aliphatic hydroxyl groups excluding tert-OH is 1. The third kappa shape index (κ3) is 65.8. The quantitative estimate of drug-likeness (QED) is 0.0222. The second-order valence-electron chi connectivity index (χ2n) is 28.1. The van der Waals surface area contributed by atoms with Crippen LogP contribution in [0.5, 0.6) is 0 Å². The highest BCUT2D eigenvalue weighted by Gasteiger charge is 2.30. The van der Waals surface area contributed by atoms with Crippen LogP contribution in [-0.2, 0) is 65.4 Å². The van der Waals surface area contributed by atoms with Crippen LogP contribution in [0.15, 0.2) is 0 Å². The van der Waals surface area contributed by atoms with Crippen LogP contribution in [0.3, 0.4) is 0 Å². The summed E-state index contributed by atoms with van der Waals surface area (Å²) >= 11 is 0. The summed E-state index contributed by atoms with van der Waals surface area (Å²) < 4.78 is 68.4. The van der Waals surface area contributed by atoms with Crippen molar-refractivity contribution in [2.24, 2.45) is 23.7 Å². The van der Waals surface area contributed by atoms with Crippen molar-refractivity contribution in [2.45, 2.75) is 388 Å². The highest BCUT2D eigenvalue weighted by Crippen LogP contribution is 2.45. The Morgan fingerprint density at radius 1 is 0.301 bits per heavy atom. The molecule has 17 nitrogen and oxygen atoms in total. The van der Waals surface area contributed by atoms with Crippen LogP contribution < -0.4 is 0 Å². The van der Waals surface area contributed by atoms with E-state index in [9.17, 15) is 43.2 Å². The number of phosphoric acid groups is 2. The summed E-state index contributed by atoms with van der Waals surface area (Å²) in [6.07, 6.45) is 47.3. The maximum Gasteiger partial charge on any atom is 0.472 e. The minimum Gasteiger partial charge on any atom is -0.462 e. The summed E-state index contributed by atoms with van der Waals surface area (Å²) in [5, 5.41) is 10.6. The summed E-state index contributed by atoms with van der Waals surface area (Å²) in [5.74, 6) is 0.915. The minimum absolute atomic E-state index is 0.102. The van der Waals surface area contributed by atoms with Gasteiger partial charge in [-0.3, -0.25) is 37.3 Å². The zero-order valence-corrected chi connectivity index (χ0v) is 62.7. The molecule has 0 aromatic rings. The van der Waals surface area contributed by atoms with E-state index in [1.165, 1.54) is 167 Å². The molecule has 3 N–H and O–H groups in total. The number of ether oxygens (including phenoxy) is 4. The molecule has 0 saturated heterocycles. The highest BCUT2D eigenvalue weighted by molar-refractivity contribution is 7.47. The lowest BCUT2D eigenvalue weighted by Crippen LogP contribution is -2.30. The maximum absolute atomic E-state index is 13.1. The predicted molar refractivity (Wildman–Crippen MR) is 377 cm³/mol. The fourth-order valence-corrected chi connectivity index (χ4v) is 12.7. The van der Waals surface area contributed by atoms with Crippen LogP contribution in [0.1, 0.15) is 370 Å². The molecule has 0 aromatic carbocycles. The number of hydrogen-bond donors (Lipinski definition) is 3. The smallest absolute Gasteiger partial charge is 0.462 e. The molecule has 0 saturated carbocycles. The van der Waals surface area contributed by atoms with E-state index >= 15 is 0 Å². The van der Waals surface area contributed by atoms with Crippen molar-refractivity contribution in [1.29, 1.82) is 0 Å². The van der Waals surface area contributed by atoms with Gasteiger partial charge in [-0.2, -0.15) is 0 Å². The monoisotopic (exact) mass is 1370 g/mol. The first-order valence-corrected chi connectivity index (χ1v) is 41.3. The van der Waals surface area contributed by atoms with Gasteiger partial charge in [0.25, 0.3) is 0 Å². The summed E-state index contributed by atoms with van der Waals surface area (Å²) in [6, 6.07) is 0. The van der Waals surface area contributed by atoms with E-state index in [2.05, 4.69) is 55.4 Å². The first-order chi connectivity index (χ1) is 44.7. The van der Waals surface area contributed by atoms with Crippen LogP contribution in [0, 0.1) is 23.7 Å². The number of aliphatic hydroxyl groups is 1. The SMILES string of the molecule is CCC(C)CCCCCCCCCCCCC(=O)O[C@H](COC(=O)CCCCCCCCCCCCCCCCCCC(C)C)COP(=O)(O)OC[C@@H](O)COP(=O)(O)OC[C@@H](COC(=O)CCCCCCCCC(C)CC)OC(=O)CCCCCCCCCC(C)C. The average molecular weight is 1370 g/mol. The molecule has 0 heterocycles. The Balaban J connectivity index is 5.21. The molecule has 0 radical (unpaired) electrons. The highest BCUT2D eigenvalue weighted by atomic mass is 31.2. The number of carbonyl (C=O) groups excluding carboxylic acids is 4. The van der Waals surface area contributed by atoms with Crippen molar-refractivity contribution in [2.75, 3.05) is 39.6 Å². The van der Waals surface area contributed by atoms with Gasteiger partial charge in [0, 0.05) is 25.7 Å². The van der Waals surface area contributed by atoms with Crippen molar-refractivity contribution in [3.05, 3.63) is 0 Å². The molecule has 0 aromatic heterocycles.